The highest BCUT2D eigenvalue weighted by Crippen LogP contribution is 2.36. The minimum atomic E-state index is -0.257. The number of hydrogen-bond donors (Lipinski definition) is 1. The second-order valence-electron chi connectivity index (χ2n) is 5.89. The molecule has 2 heterocycles. The molecule has 1 aromatic heterocycles. The molecule has 6 heteroatoms. The largest absolute Gasteiger partial charge is 0.312 e. The molecule has 0 saturated carbocycles. The van der Waals surface area contributed by atoms with E-state index in [0.717, 1.165) is 16.7 Å². The van der Waals surface area contributed by atoms with Gasteiger partial charge in [-0.2, -0.15) is 4.98 Å². The third-order valence-electron chi connectivity index (χ3n) is 4.28. The lowest BCUT2D eigenvalue weighted by atomic mass is 9.84. The average Bonchev–Trinajstić information content (AvgIpc) is 2.50. The molecule has 1 atom stereocenters. The van der Waals surface area contributed by atoms with Crippen LogP contribution in [-0.4, -0.2) is 21.7 Å². The molecule has 1 aliphatic rings. The van der Waals surface area contributed by atoms with Crippen molar-refractivity contribution in [3.8, 4) is 0 Å². The number of amides is 1. The predicted octanol–water partition coefficient (Wildman–Crippen LogP) is 2.59. The molecule has 1 aromatic carbocycles. The van der Waals surface area contributed by atoms with Gasteiger partial charge in [-0.3, -0.25) is 9.59 Å². The van der Waals surface area contributed by atoms with Crippen molar-refractivity contribution in [1.82, 2.24) is 9.55 Å². The number of carbonyl (C=O) groups is 1. The summed E-state index contributed by atoms with van der Waals surface area (Å²) < 4.78 is 1.79. The van der Waals surface area contributed by atoms with E-state index < -0.39 is 0 Å². The lowest BCUT2D eigenvalue weighted by Crippen LogP contribution is -2.33. The molecule has 120 valence electrons. The lowest BCUT2D eigenvalue weighted by Gasteiger charge is -2.28. The highest BCUT2D eigenvalue weighted by atomic mass is 32.2. The van der Waals surface area contributed by atoms with Crippen molar-refractivity contribution in [2.24, 2.45) is 7.05 Å². The van der Waals surface area contributed by atoms with Crippen LogP contribution < -0.4 is 10.9 Å². The number of fused-ring (bicyclic) bond motifs is 1. The Morgan fingerprint density at radius 2 is 2.04 bits per heavy atom. The van der Waals surface area contributed by atoms with Crippen molar-refractivity contribution < 1.29 is 4.79 Å². The molecule has 0 radical (unpaired) electrons. The first-order valence-electron chi connectivity index (χ1n) is 7.44. The summed E-state index contributed by atoms with van der Waals surface area (Å²) in [5.41, 5.74) is 3.59. The molecule has 0 spiro atoms. The quantitative estimate of drug-likeness (QED) is 0.679. The predicted molar refractivity (Wildman–Crippen MR) is 92.3 cm³/mol. The fourth-order valence-corrected chi connectivity index (χ4v) is 3.74. The maximum Gasteiger partial charge on any atom is 0.279 e. The first-order chi connectivity index (χ1) is 10.9. The standard InChI is InChI=1S/C17H19N3O2S/c1-9-5-6-11(10(2)7-9)12-8-13(21)18-15-14(12)16(22)19-17(23-4)20(15)3/h5-7,12H,8H2,1-4H3,(H,18,21)/t12-/m1/s1. The minimum absolute atomic E-state index is 0.0734. The van der Waals surface area contributed by atoms with Crippen LogP contribution in [0.1, 0.15) is 34.6 Å². The number of aryl methyl sites for hydroxylation is 2. The first-order valence-corrected chi connectivity index (χ1v) is 8.66. The summed E-state index contributed by atoms with van der Waals surface area (Å²) in [4.78, 5) is 28.9. The van der Waals surface area contributed by atoms with E-state index >= 15 is 0 Å². The van der Waals surface area contributed by atoms with Crippen LogP contribution in [0.5, 0.6) is 0 Å². The summed E-state index contributed by atoms with van der Waals surface area (Å²) in [5, 5.41) is 3.44. The molecule has 0 aliphatic carbocycles. The fraction of sp³-hybridized carbons (Fsp3) is 0.353. The van der Waals surface area contributed by atoms with E-state index in [-0.39, 0.29) is 23.8 Å². The molecular weight excluding hydrogens is 310 g/mol. The van der Waals surface area contributed by atoms with Crippen LogP contribution in [0.4, 0.5) is 5.82 Å². The van der Waals surface area contributed by atoms with E-state index in [9.17, 15) is 9.59 Å². The summed E-state index contributed by atoms with van der Waals surface area (Å²) in [6, 6.07) is 6.11. The van der Waals surface area contributed by atoms with E-state index in [0.29, 0.717) is 16.5 Å². The zero-order chi connectivity index (χ0) is 16.7. The summed E-state index contributed by atoms with van der Waals surface area (Å²) in [5.74, 6) is 0.243. The summed E-state index contributed by atoms with van der Waals surface area (Å²) in [7, 11) is 1.82. The number of nitrogens with one attached hydrogen (secondary N) is 1. The highest BCUT2D eigenvalue weighted by Gasteiger charge is 2.32. The number of benzene rings is 1. The van der Waals surface area contributed by atoms with Crippen molar-refractivity contribution in [1.29, 1.82) is 0 Å². The number of hydrogen-bond acceptors (Lipinski definition) is 4. The van der Waals surface area contributed by atoms with E-state index in [2.05, 4.69) is 16.4 Å². The third kappa shape index (κ3) is 2.67. The third-order valence-corrected chi connectivity index (χ3v) is 5.01. The molecule has 23 heavy (non-hydrogen) atoms. The number of carbonyl (C=O) groups excluding carboxylic acids is 1. The molecule has 1 aliphatic heterocycles. The Balaban J connectivity index is 2.25. The molecule has 0 saturated heterocycles. The maximum absolute atomic E-state index is 12.6. The monoisotopic (exact) mass is 329 g/mol. The molecule has 0 bridgehead atoms. The van der Waals surface area contributed by atoms with Crippen molar-refractivity contribution in [2.75, 3.05) is 11.6 Å². The van der Waals surface area contributed by atoms with Crippen LogP contribution in [0.25, 0.3) is 0 Å². The second kappa shape index (κ2) is 5.85. The van der Waals surface area contributed by atoms with Gasteiger partial charge in [0.15, 0.2) is 5.16 Å². The Hall–Kier alpha value is -2.08. The van der Waals surface area contributed by atoms with Gasteiger partial charge in [-0.15, -0.1) is 0 Å². The molecule has 0 unspecified atom stereocenters. The number of thioether (sulfide) groups is 1. The second-order valence-corrected chi connectivity index (χ2v) is 6.66. The van der Waals surface area contributed by atoms with Crippen LogP contribution >= 0.6 is 11.8 Å². The Morgan fingerprint density at radius 3 is 2.70 bits per heavy atom. The molecular formula is C17H19N3O2S. The Labute approximate surface area is 139 Å². The van der Waals surface area contributed by atoms with Gasteiger partial charge in [0.2, 0.25) is 5.91 Å². The molecule has 1 N–H and O–H groups in total. The van der Waals surface area contributed by atoms with Gasteiger partial charge in [0.05, 0.1) is 5.56 Å². The van der Waals surface area contributed by atoms with Crippen LogP contribution in [0.3, 0.4) is 0 Å². The van der Waals surface area contributed by atoms with Crippen molar-refractivity contribution in [2.45, 2.75) is 31.3 Å². The van der Waals surface area contributed by atoms with Crippen LogP contribution in [-0.2, 0) is 11.8 Å². The van der Waals surface area contributed by atoms with Crippen molar-refractivity contribution in [3.63, 3.8) is 0 Å². The SMILES string of the molecule is CSc1nc(=O)c2c(n1C)NC(=O)C[C@@H]2c1ccc(C)cc1C. The minimum Gasteiger partial charge on any atom is -0.312 e. The van der Waals surface area contributed by atoms with Crippen molar-refractivity contribution >= 4 is 23.5 Å². The summed E-state index contributed by atoms with van der Waals surface area (Å²) >= 11 is 1.39. The van der Waals surface area contributed by atoms with E-state index in [1.807, 2.05) is 39.3 Å². The average molecular weight is 329 g/mol. The Bertz CT molecular complexity index is 858. The van der Waals surface area contributed by atoms with Gasteiger partial charge < -0.3 is 9.88 Å². The molecule has 2 aromatic rings. The maximum atomic E-state index is 12.6. The highest BCUT2D eigenvalue weighted by molar-refractivity contribution is 7.98. The number of nitrogens with zero attached hydrogens (tertiary/aromatic N) is 2. The van der Waals surface area contributed by atoms with E-state index in [1.165, 1.54) is 11.8 Å². The van der Waals surface area contributed by atoms with Gasteiger partial charge >= 0.3 is 0 Å². The first kappa shape index (κ1) is 15.8. The molecule has 3 rings (SSSR count). The van der Waals surface area contributed by atoms with Gasteiger partial charge in [0.1, 0.15) is 5.82 Å². The normalized spacial score (nSPS) is 16.9. The number of rotatable bonds is 2. The molecule has 5 nitrogen and oxygen atoms in total. The summed E-state index contributed by atoms with van der Waals surface area (Å²) in [6.07, 6.45) is 2.13. The van der Waals surface area contributed by atoms with E-state index in [4.69, 9.17) is 0 Å². The Morgan fingerprint density at radius 1 is 1.30 bits per heavy atom. The fourth-order valence-electron chi connectivity index (χ4n) is 3.20. The number of anilines is 1. The van der Waals surface area contributed by atoms with Crippen molar-refractivity contribution in [3.05, 3.63) is 50.8 Å². The molecule has 1 amide bonds. The molecule has 0 fully saturated rings. The van der Waals surface area contributed by atoms with Gasteiger partial charge in [0, 0.05) is 19.4 Å². The summed E-state index contributed by atoms with van der Waals surface area (Å²) in [6.45, 7) is 4.05. The zero-order valence-electron chi connectivity index (χ0n) is 13.6. The van der Waals surface area contributed by atoms with Gasteiger partial charge in [-0.25, -0.2) is 0 Å². The van der Waals surface area contributed by atoms with Crippen LogP contribution in [0.2, 0.25) is 0 Å². The van der Waals surface area contributed by atoms with Gasteiger partial charge in [-0.05, 0) is 31.2 Å². The van der Waals surface area contributed by atoms with Gasteiger partial charge in [-0.1, -0.05) is 35.5 Å². The van der Waals surface area contributed by atoms with Gasteiger partial charge in [0.25, 0.3) is 5.56 Å². The van der Waals surface area contributed by atoms with Crippen LogP contribution in [0.15, 0.2) is 28.2 Å². The zero-order valence-corrected chi connectivity index (χ0v) is 14.5. The topological polar surface area (TPSA) is 64.0 Å². The smallest absolute Gasteiger partial charge is 0.279 e. The van der Waals surface area contributed by atoms with E-state index in [1.54, 1.807) is 4.57 Å². The lowest BCUT2D eigenvalue weighted by molar-refractivity contribution is -0.116. The van der Waals surface area contributed by atoms with Crippen LogP contribution in [0, 0.1) is 13.8 Å². The Kier molecular flexibility index (Phi) is 4.02. The number of aromatic nitrogens is 2.